The summed E-state index contributed by atoms with van der Waals surface area (Å²) in [7, 11) is 0. The van der Waals surface area contributed by atoms with Crippen LogP contribution in [0.2, 0.25) is 0 Å². The van der Waals surface area contributed by atoms with E-state index in [0.717, 1.165) is 43.8 Å². The molecule has 3 nitrogen and oxygen atoms in total. The lowest BCUT2D eigenvalue weighted by molar-refractivity contribution is -0.122. The van der Waals surface area contributed by atoms with Crippen molar-refractivity contribution in [2.45, 2.75) is 70.8 Å². The highest BCUT2D eigenvalue weighted by Crippen LogP contribution is 2.49. The van der Waals surface area contributed by atoms with Gasteiger partial charge in [-0.3, -0.25) is 4.79 Å². The largest absolute Gasteiger partial charge is 0.356 e. The molecule has 2 saturated carbocycles. The van der Waals surface area contributed by atoms with Crippen LogP contribution in [0.3, 0.4) is 0 Å². The predicted molar refractivity (Wildman–Crippen MR) is 86.1 cm³/mol. The SMILES string of the molecule is CC1CCCCN1CCCNC(=O)CC1CC2CCC1C2. The van der Waals surface area contributed by atoms with Gasteiger partial charge in [0.25, 0.3) is 0 Å². The Morgan fingerprint density at radius 1 is 1.19 bits per heavy atom. The molecule has 2 bridgehead atoms. The van der Waals surface area contributed by atoms with Gasteiger partial charge in [-0.15, -0.1) is 0 Å². The second kappa shape index (κ2) is 7.13. The molecule has 4 atom stereocenters. The zero-order valence-electron chi connectivity index (χ0n) is 13.7. The number of amides is 1. The maximum Gasteiger partial charge on any atom is 0.220 e. The van der Waals surface area contributed by atoms with E-state index < -0.39 is 0 Å². The first-order valence-corrected chi connectivity index (χ1v) is 9.23. The van der Waals surface area contributed by atoms with Gasteiger partial charge in [0.15, 0.2) is 0 Å². The molecule has 1 heterocycles. The second-order valence-corrected chi connectivity index (χ2v) is 7.72. The van der Waals surface area contributed by atoms with Gasteiger partial charge in [-0.2, -0.15) is 0 Å². The summed E-state index contributed by atoms with van der Waals surface area (Å²) >= 11 is 0. The first-order chi connectivity index (χ1) is 10.2. The molecule has 3 fully saturated rings. The summed E-state index contributed by atoms with van der Waals surface area (Å²) in [4.78, 5) is 14.7. The van der Waals surface area contributed by atoms with E-state index in [1.807, 2.05) is 0 Å². The molecule has 1 aliphatic heterocycles. The number of likely N-dealkylation sites (tertiary alicyclic amines) is 1. The molecule has 2 aliphatic carbocycles. The monoisotopic (exact) mass is 292 g/mol. The molecule has 0 aromatic carbocycles. The molecular formula is C18H32N2O. The number of nitrogens with one attached hydrogen (secondary N) is 1. The normalized spacial score (nSPS) is 36.0. The van der Waals surface area contributed by atoms with Gasteiger partial charge in [0.2, 0.25) is 5.91 Å². The molecule has 1 N–H and O–H groups in total. The maximum absolute atomic E-state index is 12.1. The number of nitrogens with zero attached hydrogens (tertiary/aromatic N) is 1. The molecule has 3 aliphatic rings. The number of hydrogen-bond acceptors (Lipinski definition) is 2. The fourth-order valence-electron chi connectivity index (χ4n) is 4.94. The van der Waals surface area contributed by atoms with E-state index in [4.69, 9.17) is 0 Å². The smallest absolute Gasteiger partial charge is 0.220 e. The molecule has 120 valence electrons. The van der Waals surface area contributed by atoms with Gasteiger partial charge in [0, 0.05) is 25.6 Å². The van der Waals surface area contributed by atoms with E-state index in [2.05, 4.69) is 17.1 Å². The van der Waals surface area contributed by atoms with Gasteiger partial charge in [0.1, 0.15) is 0 Å². The minimum Gasteiger partial charge on any atom is -0.356 e. The third kappa shape index (κ3) is 4.00. The summed E-state index contributed by atoms with van der Waals surface area (Å²) in [5, 5.41) is 3.16. The molecule has 21 heavy (non-hydrogen) atoms. The summed E-state index contributed by atoms with van der Waals surface area (Å²) in [5.41, 5.74) is 0. The van der Waals surface area contributed by atoms with Crippen LogP contribution in [0.5, 0.6) is 0 Å². The highest BCUT2D eigenvalue weighted by molar-refractivity contribution is 5.76. The summed E-state index contributed by atoms with van der Waals surface area (Å²) in [6, 6.07) is 0.739. The molecule has 1 amide bonds. The lowest BCUT2D eigenvalue weighted by atomic mass is 9.86. The van der Waals surface area contributed by atoms with E-state index >= 15 is 0 Å². The van der Waals surface area contributed by atoms with Crippen LogP contribution < -0.4 is 5.32 Å². The highest BCUT2D eigenvalue weighted by atomic mass is 16.1. The number of carbonyl (C=O) groups excluding carboxylic acids is 1. The van der Waals surface area contributed by atoms with Crippen LogP contribution in [0.4, 0.5) is 0 Å². The van der Waals surface area contributed by atoms with Gasteiger partial charge in [-0.05, 0) is 69.7 Å². The lowest BCUT2D eigenvalue weighted by Gasteiger charge is -2.33. The standard InChI is InChI=1S/C18H32N2O/c1-14-5-2-3-9-20(14)10-4-8-19-18(21)13-17-12-15-6-7-16(17)11-15/h14-17H,2-13H2,1H3,(H,19,21). The van der Waals surface area contributed by atoms with Gasteiger partial charge in [0.05, 0.1) is 0 Å². The maximum atomic E-state index is 12.1. The number of piperidine rings is 1. The van der Waals surface area contributed by atoms with Gasteiger partial charge in [-0.25, -0.2) is 0 Å². The zero-order valence-corrected chi connectivity index (χ0v) is 13.7. The van der Waals surface area contributed by atoms with Crippen LogP contribution in [-0.2, 0) is 4.79 Å². The first-order valence-electron chi connectivity index (χ1n) is 9.23. The van der Waals surface area contributed by atoms with Crippen molar-refractivity contribution in [1.82, 2.24) is 10.2 Å². The summed E-state index contributed by atoms with van der Waals surface area (Å²) in [5.74, 6) is 2.83. The number of fused-ring (bicyclic) bond motifs is 2. The van der Waals surface area contributed by atoms with Crippen molar-refractivity contribution in [3.8, 4) is 0 Å². The van der Waals surface area contributed by atoms with E-state index in [1.54, 1.807) is 0 Å². The molecule has 3 heteroatoms. The second-order valence-electron chi connectivity index (χ2n) is 7.72. The number of rotatable bonds is 6. The number of hydrogen-bond donors (Lipinski definition) is 1. The predicted octanol–water partition coefficient (Wildman–Crippen LogP) is 3.19. The minimum absolute atomic E-state index is 0.305. The molecule has 0 aromatic rings. The molecule has 0 spiro atoms. The molecule has 0 radical (unpaired) electrons. The van der Waals surface area contributed by atoms with Gasteiger partial charge < -0.3 is 10.2 Å². The van der Waals surface area contributed by atoms with Crippen molar-refractivity contribution in [1.29, 1.82) is 0 Å². The molecular weight excluding hydrogens is 260 g/mol. The van der Waals surface area contributed by atoms with Crippen molar-refractivity contribution >= 4 is 5.91 Å². The van der Waals surface area contributed by atoms with Crippen LogP contribution in [0.25, 0.3) is 0 Å². The van der Waals surface area contributed by atoms with Crippen LogP contribution in [-0.4, -0.2) is 36.5 Å². The average molecular weight is 292 g/mol. The summed E-state index contributed by atoms with van der Waals surface area (Å²) in [6.07, 6.45) is 11.5. The van der Waals surface area contributed by atoms with E-state index in [1.165, 1.54) is 51.5 Å². The van der Waals surface area contributed by atoms with Crippen molar-refractivity contribution < 1.29 is 4.79 Å². The van der Waals surface area contributed by atoms with Crippen molar-refractivity contribution in [2.75, 3.05) is 19.6 Å². The Hall–Kier alpha value is -0.570. The van der Waals surface area contributed by atoms with Crippen molar-refractivity contribution in [3.05, 3.63) is 0 Å². The molecule has 4 unspecified atom stereocenters. The van der Waals surface area contributed by atoms with Crippen LogP contribution >= 0.6 is 0 Å². The summed E-state index contributed by atoms with van der Waals surface area (Å²) in [6.45, 7) is 5.60. The lowest BCUT2D eigenvalue weighted by Crippen LogP contribution is -2.39. The fraction of sp³-hybridized carbons (Fsp3) is 0.944. The van der Waals surface area contributed by atoms with E-state index in [0.29, 0.717) is 11.8 Å². The fourth-order valence-corrected chi connectivity index (χ4v) is 4.94. The molecule has 1 saturated heterocycles. The van der Waals surface area contributed by atoms with Crippen molar-refractivity contribution in [2.24, 2.45) is 17.8 Å². The van der Waals surface area contributed by atoms with Crippen LogP contribution in [0.1, 0.15) is 64.7 Å². The minimum atomic E-state index is 0.305. The van der Waals surface area contributed by atoms with Crippen LogP contribution in [0.15, 0.2) is 0 Å². The quantitative estimate of drug-likeness (QED) is 0.763. The molecule has 0 aromatic heterocycles. The topological polar surface area (TPSA) is 32.3 Å². The van der Waals surface area contributed by atoms with Gasteiger partial charge in [-0.1, -0.05) is 12.8 Å². The Balaban J connectivity index is 1.28. The molecule has 3 rings (SSSR count). The van der Waals surface area contributed by atoms with Gasteiger partial charge >= 0.3 is 0 Å². The van der Waals surface area contributed by atoms with Crippen LogP contribution in [0, 0.1) is 17.8 Å². The first kappa shape index (κ1) is 15.3. The third-order valence-electron chi connectivity index (χ3n) is 6.22. The Labute approximate surface area is 129 Å². The Morgan fingerprint density at radius 2 is 2.10 bits per heavy atom. The highest BCUT2D eigenvalue weighted by Gasteiger charge is 2.39. The Bertz CT molecular complexity index is 357. The van der Waals surface area contributed by atoms with Crippen molar-refractivity contribution in [3.63, 3.8) is 0 Å². The Kier molecular flexibility index (Phi) is 5.20. The number of carbonyl (C=O) groups is 1. The summed E-state index contributed by atoms with van der Waals surface area (Å²) < 4.78 is 0. The average Bonchev–Trinajstić information content (AvgIpc) is 3.08. The van der Waals surface area contributed by atoms with E-state index in [-0.39, 0.29) is 0 Å². The zero-order chi connectivity index (χ0) is 14.7. The Morgan fingerprint density at radius 3 is 2.81 bits per heavy atom. The van der Waals surface area contributed by atoms with E-state index in [9.17, 15) is 4.79 Å². The third-order valence-corrected chi connectivity index (χ3v) is 6.22.